The van der Waals surface area contributed by atoms with E-state index in [0.29, 0.717) is 45.6 Å². The molecule has 5 aromatic rings. The van der Waals surface area contributed by atoms with Crippen LogP contribution in [0, 0.1) is 0 Å². The Kier molecular flexibility index (Phi) is 7.11. The number of thiazole rings is 1. The predicted octanol–water partition coefficient (Wildman–Crippen LogP) is 5.53. The first-order valence-electron chi connectivity index (χ1n) is 11.7. The number of para-hydroxylation sites is 2. The van der Waals surface area contributed by atoms with Crippen molar-refractivity contribution in [1.82, 2.24) is 9.38 Å². The van der Waals surface area contributed by atoms with Crippen LogP contribution in [0.25, 0.3) is 22.1 Å². The fourth-order valence-electron chi connectivity index (χ4n) is 3.97. The maximum atomic E-state index is 13.1. The lowest BCUT2D eigenvalue weighted by molar-refractivity contribution is 0.240. The maximum absolute atomic E-state index is 13.1. The molecule has 0 saturated carbocycles. The Morgan fingerprint density at radius 3 is 2.61 bits per heavy atom. The molecule has 2 aromatic heterocycles. The van der Waals surface area contributed by atoms with Gasteiger partial charge in [-0.25, -0.2) is 9.38 Å². The molecule has 184 valence electrons. The number of aromatic nitrogens is 2. The molecule has 0 bridgehead atoms. The van der Waals surface area contributed by atoms with Crippen molar-refractivity contribution < 1.29 is 14.2 Å². The summed E-state index contributed by atoms with van der Waals surface area (Å²) in [4.78, 5) is 18.3. The van der Waals surface area contributed by atoms with Crippen molar-refractivity contribution in [2.45, 2.75) is 19.8 Å². The summed E-state index contributed by atoms with van der Waals surface area (Å²) in [5.41, 5.74) is 3.52. The van der Waals surface area contributed by atoms with Gasteiger partial charge in [0.05, 0.1) is 40.9 Å². The van der Waals surface area contributed by atoms with Crippen molar-refractivity contribution in [2.24, 2.45) is 0 Å². The summed E-state index contributed by atoms with van der Waals surface area (Å²) < 4.78 is 19.5. The van der Waals surface area contributed by atoms with Gasteiger partial charge in [-0.1, -0.05) is 54.1 Å². The molecule has 8 heteroatoms. The summed E-state index contributed by atoms with van der Waals surface area (Å²) in [6.45, 7) is 3.07. The number of benzene rings is 3. The number of halogens is 1. The molecule has 5 rings (SSSR count). The van der Waals surface area contributed by atoms with Crippen LogP contribution in [0.3, 0.4) is 0 Å². The van der Waals surface area contributed by atoms with Gasteiger partial charge in [-0.2, -0.15) is 0 Å². The van der Waals surface area contributed by atoms with Gasteiger partial charge < -0.3 is 14.2 Å². The first-order chi connectivity index (χ1) is 17.6. The normalized spacial score (nSPS) is 11.9. The average molecular weight is 521 g/mol. The summed E-state index contributed by atoms with van der Waals surface area (Å²) in [5, 5.41) is 0.413. The number of hydrogen-bond donors (Lipinski definition) is 0. The van der Waals surface area contributed by atoms with Crippen molar-refractivity contribution in [1.29, 1.82) is 0 Å². The summed E-state index contributed by atoms with van der Waals surface area (Å²) in [5.74, 6) is 1.82. The lowest BCUT2D eigenvalue weighted by Gasteiger charge is -2.13. The second-order valence-electron chi connectivity index (χ2n) is 8.22. The Hall–Kier alpha value is -3.55. The molecule has 2 heterocycles. The smallest absolute Gasteiger partial charge is 0.274 e. The third-order valence-corrected chi connectivity index (χ3v) is 7.08. The van der Waals surface area contributed by atoms with E-state index in [0.717, 1.165) is 28.8 Å². The monoisotopic (exact) mass is 520 g/mol. The minimum Gasteiger partial charge on any atom is -0.493 e. The highest BCUT2D eigenvalue weighted by Gasteiger charge is 2.14. The van der Waals surface area contributed by atoms with E-state index in [1.54, 1.807) is 23.7 Å². The van der Waals surface area contributed by atoms with Crippen molar-refractivity contribution in [2.75, 3.05) is 20.3 Å². The van der Waals surface area contributed by atoms with Gasteiger partial charge >= 0.3 is 0 Å². The van der Waals surface area contributed by atoms with Gasteiger partial charge in [-0.05, 0) is 60.0 Å². The fraction of sp³-hybridized carbons (Fsp3) is 0.214. The molecule has 0 atom stereocenters. The lowest BCUT2D eigenvalue weighted by atomic mass is 10.2. The molecule has 0 radical (unpaired) electrons. The second-order valence-corrected chi connectivity index (χ2v) is 9.63. The van der Waals surface area contributed by atoms with Crippen LogP contribution in [0.1, 0.15) is 24.5 Å². The number of fused-ring (bicyclic) bond motifs is 3. The molecule has 0 aliphatic heterocycles. The standard InChI is InChI=1S/C28H25ClN2O4S/c1-3-18-9-11-20(12-10-18)34-13-6-14-35-26-21(29)15-19(16-24(26)33-2)17-25-27(32)31-23-8-5-4-7-22(23)30-28(31)36-25/h4-5,7-12,15-17H,3,6,13-14H2,1-2H3. The number of ether oxygens (including phenoxy) is 3. The number of imidazole rings is 1. The van der Waals surface area contributed by atoms with Gasteiger partial charge in [-0.3, -0.25) is 4.79 Å². The third kappa shape index (κ3) is 4.90. The molecule has 0 aliphatic carbocycles. The van der Waals surface area contributed by atoms with Crippen LogP contribution >= 0.6 is 22.9 Å². The highest BCUT2D eigenvalue weighted by atomic mass is 35.5. The van der Waals surface area contributed by atoms with Gasteiger partial charge in [0.2, 0.25) is 0 Å². The topological polar surface area (TPSA) is 62.1 Å². The molecule has 0 aliphatic rings. The highest BCUT2D eigenvalue weighted by Crippen LogP contribution is 2.36. The van der Waals surface area contributed by atoms with Crippen LogP contribution in [0.15, 0.2) is 65.5 Å². The Bertz CT molecular complexity index is 1630. The van der Waals surface area contributed by atoms with Crippen LogP contribution in [0.5, 0.6) is 17.2 Å². The van der Waals surface area contributed by atoms with Crippen LogP contribution in [-0.2, 0) is 6.42 Å². The van der Waals surface area contributed by atoms with Crippen LogP contribution in [0.2, 0.25) is 5.02 Å². The summed E-state index contributed by atoms with van der Waals surface area (Å²) in [7, 11) is 1.57. The zero-order valence-electron chi connectivity index (χ0n) is 20.0. The molecule has 0 saturated heterocycles. The molecular formula is C28H25ClN2O4S. The minimum absolute atomic E-state index is 0.108. The van der Waals surface area contributed by atoms with E-state index in [-0.39, 0.29) is 5.56 Å². The maximum Gasteiger partial charge on any atom is 0.274 e. The van der Waals surface area contributed by atoms with Crippen molar-refractivity contribution >= 4 is 45.0 Å². The first kappa shape index (κ1) is 24.2. The quantitative estimate of drug-likeness (QED) is 0.239. The molecule has 0 fully saturated rings. The van der Waals surface area contributed by atoms with Gasteiger partial charge in [0.15, 0.2) is 16.5 Å². The zero-order chi connectivity index (χ0) is 25.1. The molecule has 6 nitrogen and oxygen atoms in total. The summed E-state index contributed by atoms with van der Waals surface area (Å²) in [6.07, 6.45) is 3.49. The minimum atomic E-state index is -0.108. The largest absolute Gasteiger partial charge is 0.493 e. The van der Waals surface area contributed by atoms with Gasteiger partial charge in [0.25, 0.3) is 5.56 Å². The van der Waals surface area contributed by atoms with Gasteiger partial charge in [0.1, 0.15) is 5.75 Å². The van der Waals surface area contributed by atoms with E-state index in [1.165, 1.54) is 16.9 Å². The molecule has 0 N–H and O–H groups in total. The Morgan fingerprint density at radius 2 is 1.83 bits per heavy atom. The molecule has 0 amide bonds. The van der Waals surface area contributed by atoms with Crippen LogP contribution in [-0.4, -0.2) is 29.7 Å². The molecule has 0 spiro atoms. The Labute approximate surface area is 217 Å². The van der Waals surface area contributed by atoms with E-state index < -0.39 is 0 Å². The predicted molar refractivity (Wildman–Crippen MR) is 145 cm³/mol. The van der Waals surface area contributed by atoms with E-state index >= 15 is 0 Å². The number of rotatable bonds is 9. The summed E-state index contributed by atoms with van der Waals surface area (Å²) in [6, 6.07) is 19.3. The fourth-order valence-corrected chi connectivity index (χ4v) is 5.23. The molecule has 36 heavy (non-hydrogen) atoms. The average Bonchev–Trinajstić information content (AvgIpc) is 3.40. The SMILES string of the molecule is CCc1ccc(OCCCOc2c(Cl)cc(C=c3sc4nc5ccccc5n4c3=O)cc2OC)cc1. The van der Waals surface area contributed by atoms with E-state index in [9.17, 15) is 4.79 Å². The number of methoxy groups -OCH3 is 1. The van der Waals surface area contributed by atoms with Gasteiger partial charge in [0, 0.05) is 6.42 Å². The second kappa shape index (κ2) is 10.6. The first-order valence-corrected chi connectivity index (χ1v) is 12.9. The van der Waals surface area contributed by atoms with Crippen molar-refractivity contribution in [3.63, 3.8) is 0 Å². The number of aryl methyl sites for hydroxylation is 1. The highest BCUT2D eigenvalue weighted by molar-refractivity contribution is 7.15. The van der Waals surface area contributed by atoms with E-state index in [1.807, 2.05) is 42.5 Å². The van der Waals surface area contributed by atoms with Crippen LogP contribution in [0.4, 0.5) is 0 Å². The number of hydrogen-bond acceptors (Lipinski definition) is 6. The molecule has 0 unspecified atom stereocenters. The van der Waals surface area contributed by atoms with Gasteiger partial charge in [-0.15, -0.1) is 0 Å². The number of nitrogens with zero attached hydrogens (tertiary/aromatic N) is 2. The van der Waals surface area contributed by atoms with E-state index in [4.69, 9.17) is 25.8 Å². The zero-order valence-corrected chi connectivity index (χ0v) is 21.6. The molecular weight excluding hydrogens is 496 g/mol. The van der Waals surface area contributed by atoms with Crippen LogP contribution < -0.4 is 24.3 Å². The lowest BCUT2D eigenvalue weighted by Crippen LogP contribution is -2.22. The Morgan fingerprint density at radius 1 is 1.06 bits per heavy atom. The molecule has 3 aromatic carbocycles. The van der Waals surface area contributed by atoms with Crippen molar-refractivity contribution in [3.05, 3.63) is 91.7 Å². The summed E-state index contributed by atoms with van der Waals surface area (Å²) >= 11 is 7.89. The third-order valence-electron chi connectivity index (χ3n) is 5.83. The van der Waals surface area contributed by atoms with E-state index in [2.05, 4.69) is 24.0 Å². The van der Waals surface area contributed by atoms with Crippen molar-refractivity contribution in [3.8, 4) is 17.2 Å². The Balaban J connectivity index is 1.29.